The van der Waals surface area contributed by atoms with Crippen molar-refractivity contribution >= 4 is 12.0 Å². The van der Waals surface area contributed by atoms with Gasteiger partial charge in [-0.1, -0.05) is 30.3 Å². The molecule has 1 aromatic carbocycles. The molecule has 1 heterocycles. The molecule has 2 rings (SSSR count). The summed E-state index contributed by atoms with van der Waals surface area (Å²) in [5.74, 6) is -0.331. The van der Waals surface area contributed by atoms with E-state index in [1.54, 1.807) is 0 Å². The predicted molar refractivity (Wildman–Crippen MR) is 71.7 cm³/mol. The van der Waals surface area contributed by atoms with Crippen molar-refractivity contribution in [1.29, 1.82) is 0 Å². The number of amides is 2. The van der Waals surface area contributed by atoms with Crippen LogP contribution < -0.4 is 5.32 Å². The maximum atomic E-state index is 12.1. The summed E-state index contributed by atoms with van der Waals surface area (Å²) in [4.78, 5) is 25.1. The van der Waals surface area contributed by atoms with Crippen LogP contribution in [-0.2, 0) is 20.9 Å². The lowest BCUT2D eigenvalue weighted by molar-refractivity contribution is -0.147. The summed E-state index contributed by atoms with van der Waals surface area (Å²) in [5, 5.41) is 2.73. The number of rotatable bonds is 3. The highest BCUT2D eigenvalue weighted by Crippen LogP contribution is 2.12. The van der Waals surface area contributed by atoms with Crippen molar-refractivity contribution in [2.45, 2.75) is 25.8 Å². The fraction of sp³-hybridized carbons (Fsp3) is 0.429. The Balaban J connectivity index is 1.98. The molecule has 0 aliphatic carbocycles. The van der Waals surface area contributed by atoms with Crippen LogP contribution >= 0.6 is 0 Å². The van der Waals surface area contributed by atoms with Gasteiger partial charge in [0.1, 0.15) is 6.61 Å². The molecule has 0 radical (unpaired) electrons. The normalized spacial score (nSPS) is 22.3. The minimum Gasteiger partial charge on any atom is -0.444 e. The van der Waals surface area contributed by atoms with Gasteiger partial charge in [-0.05, 0) is 12.5 Å². The van der Waals surface area contributed by atoms with Gasteiger partial charge in [-0.2, -0.15) is 0 Å². The smallest absolute Gasteiger partial charge is 0.412 e. The Labute approximate surface area is 117 Å². The fourth-order valence-electron chi connectivity index (χ4n) is 2.10. The van der Waals surface area contributed by atoms with Gasteiger partial charge in [-0.15, -0.1) is 0 Å². The molecule has 20 heavy (non-hydrogen) atoms. The number of carbonyl (C=O) groups excluding carboxylic acids is 2. The summed E-state index contributed by atoms with van der Waals surface area (Å²) in [7, 11) is 1.39. The number of piperazine rings is 1. The van der Waals surface area contributed by atoms with Gasteiger partial charge in [0.05, 0.1) is 0 Å². The first-order valence-electron chi connectivity index (χ1n) is 6.42. The molecule has 2 amide bonds. The molecule has 1 fully saturated rings. The average Bonchev–Trinajstić information content (AvgIpc) is 2.45. The molecular formula is C14H18N2O4. The monoisotopic (exact) mass is 278 g/mol. The van der Waals surface area contributed by atoms with E-state index in [0.29, 0.717) is 6.54 Å². The number of carbonyl (C=O) groups is 2. The van der Waals surface area contributed by atoms with Crippen molar-refractivity contribution in [3.8, 4) is 0 Å². The summed E-state index contributed by atoms with van der Waals surface area (Å²) in [5.41, 5.74) is 0.893. The topological polar surface area (TPSA) is 67.9 Å². The molecule has 0 bridgehead atoms. The molecule has 0 saturated carbocycles. The molecule has 1 saturated heterocycles. The van der Waals surface area contributed by atoms with Crippen LogP contribution in [0.15, 0.2) is 30.3 Å². The molecule has 6 nitrogen and oxygen atoms in total. The lowest BCUT2D eigenvalue weighted by Crippen LogP contribution is -2.61. The number of methoxy groups -OCH3 is 1. The van der Waals surface area contributed by atoms with E-state index in [4.69, 9.17) is 9.47 Å². The van der Waals surface area contributed by atoms with Crippen LogP contribution in [-0.4, -0.2) is 42.8 Å². The standard InChI is InChI=1S/C14H18N2O4/c1-10-8-16(13(19-2)12(17)15-10)14(18)20-9-11-6-4-3-5-7-11/h3-7,10,13H,8-9H2,1-2H3,(H,15,17). The first-order chi connectivity index (χ1) is 9.61. The Kier molecular flexibility index (Phi) is 4.57. The molecule has 2 atom stereocenters. The molecule has 108 valence electrons. The highest BCUT2D eigenvalue weighted by Gasteiger charge is 2.36. The molecule has 2 unspecified atom stereocenters. The van der Waals surface area contributed by atoms with Gasteiger partial charge in [0.25, 0.3) is 5.91 Å². The van der Waals surface area contributed by atoms with Crippen molar-refractivity contribution < 1.29 is 19.1 Å². The van der Waals surface area contributed by atoms with Gasteiger partial charge < -0.3 is 14.8 Å². The van der Waals surface area contributed by atoms with E-state index in [1.165, 1.54) is 12.0 Å². The summed E-state index contributed by atoms with van der Waals surface area (Å²) in [6.07, 6.45) is -1.49. The summed E-state index contributed by atoms with van der Waals surface area (Å²) in [6.45, 7) is 2.35. The van der Waals surface area contributed by atoms with Crippen LogP contribution in [0.4, 0.5) is 4.79 Å². The molecule has 1 N–H and O–H groups in total. The third-order valence-electron chi connectivity index (χ3n) is 3.03. The fourth-order valence-corrected chi connectivity index (χ4v) is 2.10. The van der Waals surface area contributed by atoms with E-state index in [1.807, 2.05) is 37.3 Å². The Morgan fingerprint density at radius 1 is 1.40 bits per heavy atom. The second kappa shape index (κ2) is 6.38. The minimum atomic E-state index is -0.936. The Morgan fingerprint density at radius 3 is 2.75 bits per heavy atom. The van der Waals surface area contributed by atoms with Gasteiger partial charge >= 0.3 is 6.09 Å². The van der Waals surface area contributed by atoms with Crippen molar-refractivity contribution in [1.82, 2.24) is 10.2 Å². The van der Waals surface area contributed by atoms with Crippen LogP contribution in [0, 0.1) is 0 Å². The zero-order valence-corrected chi connectivity index (χ0v) is 11.5. The van der Waals surface area contributed by atoms with Crippen LogP contribution in [0.1, 0.15) is 12.5 Å². The Morgan fingerprint density at radius 2 is 2.10 bits per heavy atom. The van der Waals surface area contributed by atoms with E-state index in [9.17, 15) is 9.59 Å². The van der Waals surface area contributed by atoms with E-state index in [0.717, 1.165) is 5.56 Å². The Bertz CT molecular complexity index is 477. The van der Waals surface area contributed by atoms with E-state index in [2.05, 4.69) is 5.32 Å². The predicted octanol–water partition coefficient (Wildman–Crippen LogP) is 1.12. The number of benzene rings is 1. The number of ether oxygens (including phenoxy) is 2. The van der Waals surface area contributed by atoms with Gasteiger partial charge in [-0.3, -0.25) is 9.69 Å². The molecule has 1 aliphatic heterocycles. The highest BCUT2D eigenvalue weighted by atomic mass is 16.6. The number of hydrogen-bond donors (Lipinski definition) is 1. The van der Waals surface area contributed by atoms with E-state index in [-0.39, 0.29) is 18.6 Å². The van der Waals surface area contributed by atoms with Crippen LogP contribution in [0.25, 0.3) is 0 Å². The van der Waals surface area contributed by atoms with Gasteiger partial charge in [0.15, 0.2) is 0 Å². The largest absolute Gasteiger partial charge is 0.444 e. The van der Waals surface area contributed by atoms with Crippen molar-refractivity contribution in [3.63, 3.8) is 0 Å². The second-order valence-electron chi connectivity index (χ2n) is 4.69. The van der Waals surface area contributed by atoms with Crippen molar-refractivity contribution in [2.24, 2.45) is 0 Å². The molecule has 1 aliphatic rings. The van der Waals surface area contributed by atoms with Gasteiger partial charge in [0.2, 0.25) is 6.23 Å². The molecule has 0 spiro atoms. The third kappa shape index (κ3) is 3.27. The van der Waals surface area contributed by atoms with E-state index < -0.39 is 12.3 Å². The number of nitrogens with one attached hydrogen (secondary N) is 1. The maximum absolute atomic E-state index is 12.1. The highest BCUT2D eigenvalue weighted by molar-refractivity contribution is 5.85. The summed E-state index contributed by atoms with van der Waals surface area (Å²) in [6, 6.07) is 9.25. The summed E-state index contributed by atoms with van der Waals surface area (Å²) < 4.78 is 10.3. The first kappa shape index (κ1) is 14.3. The zero-order chi connectivity index (χ0) is 14.5. The molecule has 6 heteroatoms. The van der Waals surface area contributed by atoms with E-state index >= 15 is 0 Å². The third-order valence-corrected chi connectivity index (χ3v) is 3.03. The lowest BCUT2D eigenvalue weighted by atomic mass is 10.2. The molecule has 0 aromatic heterocycles. The summed E-state index contributed by atoms with van der Waals surface area (Å²) >= 11 is 0. The minimum absolute atomic E-state index is 0.127. The van der Waals surface area contributed by atoms with Crippen LogP contribution in [0.3, 0.4) is 0 Å². The second-order valence-corrected chi connectivity index (χ2v) is 4.69. The van der Waals surface area contributed by atoms with Crippen LogP contribution in [0.2, 0.25) is 0 Å². The molecular weight excluding hydrogens is 260 g/mol. The van der Waals surface area contributed by atoms with Gasteiger partial charge in [-0.25, -0.2) is 4.79 Å². The average molecular weight is 278 g/mol. The van der Waals surface area contributed by atoms with Crippen molar-refractivity contribution in [2.75, 3.05) is 13.7 Å². The first-order valence-corrected chi connectivity index (χ1v) is 6.42. The quantitative estimate of drug-likeness (QED) is 0.899. The SMILES string of the molecule is COC1C(=O)NC(C)CN1C(=O)OCc1ccccc1. The maximum Gasteiger partial charge on any atom is 0.412 e. The Hall–Kier alpha value is -2.08. The molecule has 1 aromatic rings. The van der Waals surface area contributed by atoms with Gasteiger partial charge in [0, 0.05) is 19.7 Å². The zero-order valence-electron chi connectivity index (χ0n) is 11.5. The number of nitrogens with zero attached hydrogens (tertiary/aromatic N) is 1. The van der Waals surface area contributed by atoms with Crippen molar-refractivity contribution in [3.05, 3.63) is 35.9 Å². The number of hydrogen-bond acceptors (Lipinski definition) is 4. The van der Waals surface area contributed by atoms with Crippen LogP contribution in [0.5, 0.6) is 0 Å². The lowest BCUT2D eigenvalue weighted by Gasteiger charge is -2.36.